The van der Waals surface area contributed by atoms with Crippen LogP contribution in [-0.2, 0) is 4.79 Å². The van der Waals surface area contributed by atoms with Gasteiger partial charge in [-0.3, -0.25) is 4.79 Å². The quantitative estimate of drug-likeness (QED) is 0.787. The predicted octanol–water partition coefficient (Wildman–Crippen LogP) is 0.649. The average molecular weight is 320 g/mol. The molecule has 3 N–H and O–H groups in total. The van der Waals surface area contributed by atoms with Crippen LogP contribution in [0.4, 0.5) is 11.8 Å². The number of aromatic nitrogens is 2. The molecular formula is C14H20N6OS. The number of carbonyl (C=O) groups is 1. The maximum Gasteiger partial charge on any atom is 0.228 e. The molecule has 1 fully saturated rings. The van der Waals surface area contributed by atoms with Gasteiger partial charge in [-0.1, -0.05) is 0 Å². The van der Waals surface area contributed by atoms with Crippen molar-refractivity contribution in [1.82, 2.24) is 14.9 Å². The molecule has 0 unspecified atom stereocenters. The van der Waals surface area contributed by atoms with Gasteiger partial charge < -0.3 is 20.9 Å². The molecule has 1 amide bonds. The van der Waals surface area contributed by atoms with E-state index < -0.39 is 0 Å². The van der Waals surface area contributed by atoms with E-state index in [0.29, 0.717) is 26.2 Å². The van der Waals surface area contributed by atoms with Crippen molar-refractivity contribution in [3.8, 4) is 0 Å². The van der Waals surface area contributed by atoms with Crippen molar-refractivity contribution in [2.45, 2.75) is 6.92 Å². The number of hydrogen-bond acceptors (Lipinski definition) is 7. The van der Waals surface area contributed by atoms with Gasteiger partial charge in [-0.25, -0.2) is 4.98 Å². The molecule has 1 saturated heterocycles. The van der Waals surface area contributed by atoms with Crippen LogP contribution in [0.1, 0.15) is 5.56 Å². The van der Waals surface area contributed by atoms with Gasteiger partial charge in [-0.15, -0.1) is 11.3 Å². The topological polar surface area (TPSA) is 87.4 Å². The summed E-state index contributed by atoms with van der Waals surface area (Å²) in [6, 6.07) is 0. The van der Waals surface area contributed by atoms with Gasteiger partial charge in [0, 0.05) is 39.3 Å². The molecule has 1 aliphatic heterocycles. The minimum absolute atomic E-state index is 0.558. The summed E-state index contributed by atoms with van der Waals surface area (Å²) >= 11 is 1.63. The fourth-order valence-corrected chi connectivity index (χ4v) is 3.48. The highest BCUT2D eigenvalue weighted by atomic mass is 32.1. The molecule has 3 heterocycles. The van der Waals surface area contributed by atoms with E-state index in [0.717, 1.165) is 41.5 Å². The first kappa shape index (κ1) is 15.0. The highest BCUT2D eigenvalue weighted by Gasteiger charge is 2.20. The number of amides is 1. The van der Waals surface area contributed by atoms with Crippen LogP contribution in [0.3, 0.4) is 0 Å². The molecule has 0 radical (unpaired) electrons. The normalized spacial score (nSPS) is 15.4. The first-order valence-corrected chi connectivity index (χ1v) is 8.25. The van der Waals surface area contributed by atoms with Crippen LogP contribution in [0, 0.1) is 6.92 Å². The molecule has 1 aliphatic rings. The second-order valence-electron chi connectivity index (χ2n) is 5.31. The van der Waals surface area contributed by atoms with E-state index in [-0.39, 0.29) is 0 Å². The third kappa shape index (κ3) is 2.84. The first-order valence-electron chi connectivity index (χ1n) is 7.37. The molecule has 2 aromatic heterocycles. The standard InChI is InChI=1S/C14H20N6OS/c1-10-8-22-13-11(10)12(16-3-2-15)17-14(18-13)20-6-4-19(9-21)5-7-20/h8-9H,2-7,15H2,1H3,(H,16,17,18). The molecule has 2 aromatic rings. The minimum atomic E-state index is 0.558. The van der Waals surface area contributed by atoms with Gasteiger partial charge >= 0.3 is 0 Å². The Labute approximate surface area is 133 Å². The molecule has 0 spiro atoms. The van der Waals surface area contributed by atoms with E-state index in [1.807, 2.05) is 0 Å². The third-order valence-electron chi connectivity index (χ3n) is 3.79. The van der Waals surface area contributed by atoms with Crippen LogP contribution in [0.15, 0.2) is 5.38 Å². The van der Waals surface area contributed by atoms with E-state index in [2.05, 4.69) is 22.5 Å². The fourth-order valence-electron chi connectivity index (χ4n) is 2.56. The molecular weight excluding hydrogens is 300 g/mol. The second-order valence-corrected chi connectivity index (χ2v) is 6.17. The molecule has 118 valence electrons. The molecule has 3 rings (SSSR count). The van der Waals surface area contributed by atoms with Crippen LogP contribution in [0.2, 0.25) is 0 Å². The van der Waals surface area contributed by atoms with E-state index >= 15 is 0 Å². The number of piperazine rings is 1. The summed E-state index contributed by atoms with van der Waals surface area (Å²) in [5.41, 5.74) is 6.77. The molecule has 7 nitrogen and oxygen atoms in total. The van der Waals surface area contributed by atoms with Crippen molar-refractivity contribution in [3.05, 3.63) is 10.9 Å². The molecule has 22 heavy (non-hydrogen) atoms. The lowest BCUT2D eigenvalue weighted by Crippen LogP contribution is -2.46. The lowest BCUT2D eigenvalue weighted by atomic mass is 10.2. The van der Waals surface area contributed by atoms with Crippen molar-refractivity contribution < 1.29 is 4.79 Å². The number of rotatable bonds is 5. The zero-order chi connectivity index (χ0) is 15.5. The fraction of sp³-hybridized carbons (Fsp3) is 0.500. The molecule has 0 aliphatic carbocycles. The summed E-state index contributed by atoms with van der Waals surface area (Å²) in [4.78, 5) is 25.1. The monoisotopic (exact) mass is 320 g/mol. The average Bonchev–Trinajstić information content (AvgIpc) is 2.94. The highest BCUT2D eigenvalue weighted by molar-refractivity contribution is 7.17. The smallest absolute Gasteiger partial charge is 0.228 e. The van der Waals surface area contributed by atoms with Crippen molar-refractivity contribution in [2.75, 3.05) is 49.5 Å². The summed E-state index contributed by atoms with van der Waals surface area (Å²) in [5, 5.41) is 6.48. The van der Waals surface area contributed by atoms with E-state index in [9.17, 15) is 4.79 Å². The van der Waals surface area contributed by atoms with Crippen molar-refractivity contribution in [2.24, 2.45) is 5.73 Å². The van der Waals surface area contributed by atoms with Gasteiger partial charge in [-0.2, -0.15) is 4.98 Å². The van der Waals surface area contributed by atoms with Crippen molar-refractivity contribution >= 4 is 39.7 Å². The number of nitrogens with one attached hydrogen (secondary N) is 1. The number of thiophene rings is 1. The summed E-state index contributed by atoms with van der Waals surface area (Å²) < 4.78 is 0. The number of carbonyl (C=O) groups excluding carboxylic acids is 1. The van der Waals surface area contributed by atoms with Gasteiger partial charge in [0.2, 0.25) is 12.4 Å². The highest BCUT2D eigenvalue weighted by Crippen LogP contribution is 2.31. The number of nitrogens with zero attached hydrogens (tertiary/aromatic N) is 4. The zero-order valence-corrected chi connectivity index (χ0v) is 13.4. The Morgan fingerprint density at radius 1 is 1.36 bits per heavy atom. The Kier molecular flexibility index (Phi) is 4.39. The summed E-state index contributed by atoms with van der Waals surface area (Å²) in [7, 11) is 0. The van der Waals surface area contributed by atoms with Crippen LogP contribution in [0.5, 0.6) is 0 Å². The number of fused-ring (bicyclic) bond motifs is 1. The van der Waals surface area contributed by atoms with Crippen molar-refractivity contribution in [3.63, 3.8) is 0 Å². The van der Waals surface area contributed by atoms with Gasteiger partial charge in [0.15, 0.2) is 0 Å². The van der Waals surface area contributed by atoms with Crippen LogP contribution in [0.25, 0.3) is 10.2 Å². The number of anilines is 2. The minimum Gasteiger partial charge on any atom is -0.368 e. The zero-order valence-electron chi connectivity index (χ0n) is 12.6. The number of nitrogens with two attached hydrogens (primary N) is 1. The Bertz CT molecular complexity index is 665. The van der Waals surface area contributed by atoms with Gasteiger partial charge in [0.1, 0.15) is 10.6 Å². The van der Waals surface area contributed by atoms with E-state index in [1.54, 1.807) is 16.2 Å². The second kappa shape index (κ2) is 6.45. The molecule has 8 heteroatoms. The summed E-state index contributed by atoms with van der Waals surface area (Å²) in [5.74, 6) is 1.57. The van der Waals surface area contributed by atoms with Crippen LogP contribution >= 0.6 is 11.3 Å². The lowest BCUT2D eigenvalue weighted by molar-refractivity contribution is -0.118. The summed E-state index contributed by atoms with van der Waals surface area (Å²) in [6.45, 7) is 6.23. The molecule has 0 saturated carbocycles. The molecule has 0 aromatic carbocycles. The Hall–Kier alpha value is -1.93. The van der Waals surface area contributed by atoms with E-state index in [1.165, 1.54) is 5.56 Å². The number of aryl methyl sites for hydroxylation is 1. The Balaban J connectivity index is 1.91. The first-order chi connectivity index (χ1) is 10.7. The maximum absolute atomic E-state index is 10.8. The van der Waals surface area contributed by atoms with Gasteiger partial charge in [-0.05, 0) is 17.9 Å². The molecule has 0 bridgehead atoms. The Morgan fingerprint density at radius 2 is 2.14 bits per heavy atom. The summed E-state index contributed by atoms with van der Waals surface area (Å²) in [6.07, 6.45) is 0.901. The molecule has 0 atom stereocenters. The van der Waals surface area contributed by atoms with Gasteiger partial charge in [0.05, 0.1) is 5.39 Å². The van der Waals surface area contributed by atoms with Crippen LogP contribution in [-0.4, -0.2) is 60.5 Å². The lowest BCUT2D eigenvalue weighted by Gasteiger charge is -2.32. The number of hydrogen-bond donors (Lipinski definition) is 2. The largest absolute Gasteiger partial charge is 0.368 e. The van der Waals surface area contributed by atoms with Crippen molar-refractivity contribution in [1.29, 1.82) is 0 Å². The SMILES string of the molecule is Cc1csc2nc(N3CCN(C=O)CC3)nc(NCCN)c12. The van der Waals surface area contributed by atoms with E-state index in [4.69, 9.17) is 15.7 Å². The third-order valence-corrected chi connectivity index (χ3v) is 4.78. The predicted molar refractivity (Wildman–Crippen MR) is 89.5 cm³/mol. The Morgan fingerprint density at radius 3 is 2.82 bits per heavy atom. The maximum atomic E-state index is 10.8. The van der Waals surface area contributed by atoms with Gasteiger partial charge in [0.25, 0.3) is 0 Å². The van der Waals surface area contributed by atoms with Crippen LogP contribution < -0.4 is 16.0 Å².